The normalized spacial score (nSPS) is 13.4. The highest BCUT2D eigenvalue weighted by Gasteiger charge is 2.33. The van der Waals surface area contributed by atoms with E-state index in [0.717, 1.165) is 11.6 Å². The van der Waals surface area contributed by atoms with Crippen molar-refractivity contribution in [2.24, 2.45) is 5.92 Å². The van der Waals surface area contributed by atoms with E-state index in [4.69, 9.17) is 0 Å². The summed E-state index contributed by atoms with van der Waals surface area (Å²) in [5, 5.41) is 20.2. The molecule has 152 valence electrons. The Labute approximate surface area is 168 Å². The molecule has 1 heterocycles. The summed E-state index contributed by atoms with van der Waals surface area (Å²) >= 11 is 0. The van der Waals surface area contributed by atoms with Crippen LogP contribution in [0.15, 0.2) is 36.4 Å². The van der Waals surface area contributed by atoms with E-state index in [2.05, 4.69) is 0 Å². The fourth-order valence-electron chi connectivity index (χ4n) is 3.81. The number of aromatic nitrogens is 1. The van der Waals surface area contributed by atoms with Crippen LogP contribution in [0.1, 0.15) is 53.4 Å². The first-order chi connectivity index (χ1) is 13.7. The van der Waals surface area contributed by atoms with E-state index in [-0.39, 0.29) is 17.3 Å². The van der Waals surface area contributed by atoms with Crippen molar-refractivity contribution in [2.45, 2.75) is 40.0 Å². The van der Waals surface area contributed by atoms with Crippen molar-refractivity contribution in [3.05, 3.63) is 64.6 Å². The van der Waals surface area contributed by atoms with Gasteiger partial charge in [0.05, 0.1) is 11.4 Å². The lowest BCUT2D eigenvalue weighted by Gasteiger charge is -2.20. The van der Waals surface area contributed by atoms with Gasteiger partial charge < -0.3 is 10.2 Å². The van der Waals surface area contributed by atoms with Crippen LogP contribution in [0.5, 0.6) is 5.75 Å². The highest BCUT2D eigenvalue weighted by atomic mass is 19.1. The Morgan fingerprint density at radius 2 is 1.76 bits per heavy atom. The van der Waals surface area contributed by atoms with Gasteiger partial charge in [0.2, 0.25) is 0 Å². The van der Waals surface area contributed by atoms with Gasteiger partial charge in [-0.05, 0) is 43.5 Å². The van der Waals surface area contributed by atoms with Gasteiger partial charge in [0, 0.05) is 22.7 Å². The standard InChI is InChI=1S/C23H24FNO4/c1-5-13(3)20(23(28)29)21-14(4)25(18-11-17(24)19(26)10-16(18)21)22(27)15-8-6-12(2)7-9-15/h6-11,13,20,26H,5H2,1-4H3,(H,28,29). The maximum atomic E-state index is 14.2. The van der Waals surface area contributed by atoms with Crippen LogP contribution in [-0.2, 0) is 4.79 Å². The number of carbonyl (C=O) groups excluding carboxylic acids is 1. The first-order valence-electron chi connectivity index (χ1n) is 9.54. The van der Waals surface area contributed by atoms with Crippen LogP contribution in [0.2, 0.25) is 0 Å². The van der Waals surface area contributed by atoms with Gasteiger partial charge in [0.15, 0.2) is 11.6 Å². The van der Waals surface area contributed by atoms with Crippen molar-refractivity contribution in [3.8, 4) is 5.75 Å². The number of halogens is 1. The zero-order valence-electron chi connectivity index (χ0n) is 16.9. The van der Waals surface area contributed by atoms with Crippen molar-refractivity contribution in [1.82, 2.24) is 4.57 Å². The molecule has 0 aliphatic carbocycles. The number of nitrogens with zero attached hydrogens (tertiary/aromatic N) is 1. The van der Waals surface area contributed by atoms with Crippen molar-refractivity contribution in [2.75, 3.05) is 0 Å². The van der Waals surface area contributed by atoms with Crippen LogP contribution >= 0.6 is 0 Å². The number of carboxylic acids is 1. The molecule has 3 rings (SSSR count). The molecule has 5 nitrogen and oxygen atoms in total. The van der Waals surface area contributed by atoms with E-state index in [9.17, 15) is 24.2 Å². The molecule has 2 N–H and O–H groups in total. The van der Waals surface area contributed by atoms with E-state index in [1.807, 2.05) is 20.8 Å². The van der Waals surface area contributed by atoms with Crippen LogP contribution in [0.25, 0.3) is 10.9 Å². The maximum Gasteiger partial charge on any atom is 0.311 e. The highest BCUT2D eigenvalue weighted by Crippen LogP contribution is 2.39. The number of phenols is 1. The Morgan fingerprint density at radius 1 is 1.14 bits per heavy atom. The SMILES string of the molecule is CCC(C)C(C(=O)O)c1c(C)n(C(=O)c2ccc(C)cc2)c2cc(F)c(O)cc12. The molecule has 3 aromatic rings. The molecular weight excluding hydrogens is 373 g/mol. The van der Waals surface area contributed by atoms with Crippen molar-refractivity contribution in [3.63, 3.8) is 0 Å². The first kappa shape index (κ1) is 20.6. The summed E-state index contributed by atoms with van der Waals surface area (Å²) in [6.07, 6.45) is 0.613. The number of rotatable bonds is 5. The largest absolute Gasteiger partial charge is 0.505 e. The third kappa shape index (κ3) is 3.50. The van der Waals surface area contributed by atoms with Gasteiger partial charge in [-0.2, -0.15) is 0 Å². The number of hydrogen-bond acceptors (Lipinski definition) is 3. The molecule has 0 aliphatic heterocycles. The molecule has 1 aromatic heterocycles. The Bertz CT molecular complexity index is 1100. The molecule has 2 atom stereocenters. The quantitative estimate of drug-likeness (QED) is 0.635. The van der Waals surface area contributed by atoms with Gasteiger partial charge in [-0.3, -0.25) is 14.2 Å². The second-order valence-electron chi connectivity index (χ2n) is 7.53. The van der Waals surface area contributed by atoms with E-state index in [1.54, 1.807) is 31.2 Å². The average Bonchev–Trinajstić information content (AvgIpc) is 2.93. The minimum atomic E-state index is -1.02. The minimum absolute atomic E-state index is 0.216. The number of phenolic OH excluding ortho intramolecular Hbond substituents is 1. The number of aromatic hydroxyl groups is 1. The van der Waals surface area contributed by atoms with E-state index >= 15 is 0 Å². The summed E-state index contributed by atoms with van der Waals surface area (Å²) in [6, 6.07) is 9.28. The number of benzene rings is 2. The highest BCUT2D eigenvalue weighted by molar-refractivity contribution is 6.05. The number of aryl methyl sites for hydroxylation is 1. The molecule has 0 spiro atoms. The number of hydrogen-bond donors (Lipinski definition) is 2. The Morgan fingerprint density at radius 3 is 2.31 bits per heavy atom. The van der Waals surface area contributed by atoms with Crippen LogP contribution in [-0.4, -0.2) is 26.7 Å². The van der Waals surface area contributed by atoms with Crippen LogP contribution in [0.4, 0.5) is 4.39 Å². The lowest BCUT2D eigenvalue weighted by molar-refractivity contribution is -0.140. The van der Waals surface area contributed by atoms with Gasteiger partial charge in [-0.15, -0.1) is 0 Å². The van der Waals surface area contributed by atoms with Crippen LogP contribution in [0, 0.1) is 25.6 Å². The van der Waals surface area contributed by atoms with Gasteiger partial charge in [-0.1, -0.05) is 38.0 Å². The van der Waals surface area contributed by atoms with E-state index in [0.29, 0.717) is 28.6 Å². The zero-order chi connectivity index (χ0) is 21.5. The lowest BCUT2D eigenvalue weighted by atomic mass is 9.84. The van der Waals surface area contributed by atoms with E-state index in [1.165, 1.54) is 10.6 Å². The van der Waals surface area contributed by atoms with Gasteiger partial charge in [-0.25, -0.2) is 4.39 Å². The summed E-state index contributed by atoms with van der Waals surface area (Å²) in [5.41, 5.74) is 2.51. The van der Waals surface area contributed by atoms with E-state index < -0.39 is 23.5 Å². The fraction of sp³-hybridized carbons (Fsp3) is 0.304. The predicted molar refractivity (Wildman–Crippen MR) is 109 cm³/mol. The summed E-state index contributed by atoms with van der Waals surface area (Å²) in [6.45, 7) is 7.29. The topological polar surface area (TPSA) is 79.5 Å². The monoisotopic (exact) mass is 397 g/mol. The molecule has 0 fully saturated rings. The molecule has 0 bridgehead atoms. The lowest BCUT2D eigenvalue weighted by Crippen LogP contribution is -2.21. The van der Waals surface area contributed by atoms with Gasteiger partial charge in [0.25, 0.3) is 5.91 Å². The maximum absolute atomic E-state index is 14.2. The fourth-order valence-corrected chi connectivity index (χ4v) is 3.81. The second-order valence-corrected chi connectivity index (χ2v) is 7.53. The molecule has 0 saturated carbocycles. The van der Waals surface area contributed by atoms with Crippen molar-refractivity contribution in [1.29, 1.82) is 0 Å². The Balaban J connectivity index is 2.35. The summed E-state index contributed by atoms with van der Waals surface area (Å²) < 4.78 is 15.5. The number of fused-ring (bicyclic) bond motifs is 1. The summed E-state index contributed by atoms with van der Waals surface area (Å²) in [7, 11) is 0. The van der Waals surface area contributed by atoms with Crippen molar-refractivity contribution < 1.29 is 24.2 Å². The molecule has 2 unspecified atom stereocenters. The Kier molecular flexibility index (Phi) is 5.46. The van der Waals surface area contributed by atoms with Gasteiger partial charge in [0.1, 0.15) is 0 Å². The molecule has 29 heavy (non-hydrogen) atoms. The van der Waals surface area contributed by atoms with Crippen LogP contribution < -0.4 is 0 Å². The molecular formula is C23H24FNO4. The zero-order valence-corrected chi connectivity index (χ0v) is 16.9. The molecule has 0 aliphatic rings. The molecule has 0 radical (unpaired) electrons. The summed E-state index contributed by atoms with van der Waals surface area (Å²) in [4.78, 5) is 25.4. The second kappa shape index (κ2) is 7.70. The van der Waals surface area contributed by atoms with Crippen molar-refractivity contribution >= 4 is 22.8 Å². The molecule has 0 amide bonds. The van der Waals surface area contributed by atoms with Gasteiger partial charge >= 0.3 is 5.97 Å². The minimum Gasteiger partial charge on any atom is -0.505 e. The third-order valence-electron chi connectivity index (χ3n) is 5.61. The molecule has 2 aromatic carbocycles. The number of carboxylic acid groups (broad SMARTS) is 1. The number of aliphatic carboxylic acids is 1. The third-order valence-corrected chi connectivity index (χ3v) is 5.61. The van der Waals surface area contributed by atoms with Crippen LogP contribution in [0.3, 0.4) is 0 Å². The smallest absolute Gasteiger partial charge is 0.311 e. The summed E-state index contributed by atoms with van der Waals surface area (Å²) in [5.74, 6) is -3.95. The molecule has 6 heteroatoms. The average molecular weight is 397 g/mol. The first-order valence-corrected chi connectivity index (χ1v) is 9.54. The molecule has 0 saturated heterocycles. The Hall–Kier alpha value is -3.15. The number of carbonyl (C=O) groups is 2. The predicted octanol–water partition coefficient (Wildman–Crippen LogP) is 5.01.